The Hall–Kier alpha value is -1.96. The van der Waals surface area contributed by atoms with Gasteiger partial charge in [0.05, 0.1) is 13.2 Å². The average Bonchev–Trinajstić information content (AvgIpc) is 3.02. The number of aliphatic imine (C=N–C) groups is 1. The number of rotatable bonds is 7. The fourth-order valence-corrected chi connectivity index (χ4v) is 3.21. The second-order valence-electron chi connectivity index (χ2n) is 6.86. The molecule has 1 aliphatic rings. The highest BCUT2D eigenvalue weighted by Gasteiger charge is 2.34. The van der Waals surface area contributed by atoms with Crippen molar-refractivity contribution >= 4 is 5.96 Å². The zero-order valence-electron chi connectivity index (χ0n) is 16.2. The molecule has 1 fully saturated rings. The Bertz CT molecular complexity index is 634. The number of nitrogens with one attached hydrogen (secondary N) is 2. The molecule has 1 aromatic carbocycles. The Kier molecular flexibility index (Phi) is 7.77. The van der Waals surface area contributed by atoms with Crippen molar-refractivity contribution < 1.29 is 17.9 Å². The van der Waals surface area contributed by atoms with Crippen molar-refractivity contribution in [2.45, 2.75) is 33.0 Å². The largest absolute Gasteiger partial charge is 0.494 e. The first-order valence-electron chi connectivity index (χ1n) is 9.26. The number of halogens is 3. The van der Waals surface area contributed by atoms with E-state index >= 15 is 0 Å². The van der Waals surface area contributed by atoms with Crippen LogP contribution in [0.15, 0.2) is 23.2 Å². The molecule has 1 heterocycles. The number of hydrogen-bond donors (Lipinski definition) is 2. The van der Waals surface area contributed by atoms with Crippen LogP contribution in [0.25, 0.3) is 0 Å². The summed E-state index contributed by atoms with van der Waals surface area (Å²) >= 11 is 0. The number of benzene rings is 1. The maximum Gasteiger partial charge on any atom is 0.401 e. The first kappa shape index (κ1) is 21.3. The summed E-state index contributed by atoms with van der Waals surface area (Å²) in [7, 11) is 1.68. The van der Waals surface area contributed by atoms with Crippen molar-refractivity contribution in [3.05, 3.63) is 29.3 Å². The molecule has 1 aromatic rings. The summed E-state index contributed by atoms with van der Waals surface area (Å²) in [5.74, 6) is 1.66. The molecular formula is C19H29F3N4O. The van der Waals surface area contributed by atoms with Crippen LogP contribution in [0.5, 0.6) is 5.75 Å². The van der Waals surface area contributed by atoms with Gasteiger partial charge in [-0.1, -0.05) is 12.1 Å². The van der Waals surface area contributed by atoms with Gasteiger partial charge in [0, 0.05) is 32.2 Å². The van der Waals surface area contributed by atoms with Gasteiger partial charge in [-0.15, -0.1) is 0 Å². The van der Waals surface area contributed by atoms with E-state index in [2.05, 4.69) is 15.6 Å². The third-order valence-electron chi connectivity index (χ3n) is 4.52. The number of likely N-dealkylation sites (tertiary alicyclic amines) is 1. The molecule has 1 unspecified atom stereocenters. The summed E-state index contributed by atoms with van der Waals surface area (Å²) in [5, 5.41) is 6.46. The summed E-state index contributed by atoms with van der Waals surface area (Å²) in [6.45, 7) is 5.83. The molecule has 1 saturated heterocycles. The van der Waals surface area contributed by atoms with Crippen LogP contribution in [0.3, 0.4) is 0 Å². The fraction of sp³-hybridized carbons (Fsp3) is 0.632. The van der Waals surface area contributed by atoms with E-state index in [4.69, 9.17) is 4.74 Å². The number of aryl methyl sites for hydroxylation is 1. The van der Waals surface area contributed by atoms with Crippen molar-refractivity contribution in [3.8, 4) is 5.75 Å². The SMILES string of the molecule is CCOc1cc(C)ccc1CNC(=NC)NCC1CCN(CC(F)(F)F)C1. The van der Waals surface area contributed by atoms with Gasteiger partial charge in [0.25, 0.3) is 0 Å². The highest BCUT2D eigenvalue weighted by molar-refractivity contribution is 5.79. The Morgan fingerprint density at radius 1 is 1.33 bits per heavy atom. The van der Waals surface area contributed by atoms with Crippen molar-refractivity contribution in [1.29, 1.82) is 0 Å². The average molecular weight is 386 g/mol. The van der Waals surface area contributed by atoms with Gasteiger partial charge in [-0.25, -0.2) is 0 Å². The first-order chi connectivity index (χ1) is 12.8. The molecule has 1 atom stereocenters. The zero-order valence-corrected chi connectivity index (χ0v) is 16.2. The number of hydrogen-bond acceptors (Lipinski definition) is 3. The lowest BCUT2D eigenvalue weighted by atomic mass is 10.1. The van der Waals surface area contributed by atoms with Gasteiger partial charge in [0.2, 0.25) is 0 Å². The molecule has 0 saturated carbocycles. The van der Waals surface area contributed by atoms with E-state index in [1.807, 2.05) is 32.0 Å². The van der Waals surface area contributed by atoms with Gasteiger partial charge >= 0.3 is 6.18 Å². The molecule has 0 spiro atoms. The molecule has 5 nitrogen and oxygen atoms in total. The van der Waals surface area contributed by atoms with E-state index in [1.165, 1.54) is 4.90 Å². The van der Waals surface area contributed by atoms with Gasteiger partial charge in [-0.05, 0) is 44.4 Å². The number of guanidine groups is 1. The van der Waals surface area contributed by atoms with Crippen LogP contribution >= 0.6 is 0 Å². The molecule has 0 radical (unpaired) electrons. The van der Waals surface area contributed by atoms with Gasteiger partial charge in [-0.2, -0.15) is 13.2 Å². The highest BCUT2D eigenvalue weighted by atomic mass is 19.4. The van der Waals surface area contributed by atoms with Crippen LogP contribution in [0.1, 0.15) is 24.5 Å². The lowest BCUT2D eigenvalue weighted by Gasteiger charge is -2.19. The Morgan fingerprint density at radius 3 is 2.78 bits per heavy atom. The molecule has 0 aromatic heterocycles. The van der Waals surface area contributed by atoms with Crippen LogP contribution in [-0.4, -0.2) is 56.9 Å². The lowest BCUT2D eigenvalue weighted by molar-refractivity contribution is -0.143. The highest BCUT2D eigenvalue weighted by Crippen LogP contribution is 2.22. The third-order valence-corrected chi connectivity index (χ3v) is 4.52. The number of ether oxygens (including phenoxy) is 1. The standard InChI is InChI=1S/C19H29F3N4O/c1-4-27-17-9-14(2)5-6-16(17)11-25-18(23-3)24-10-15-7-8-26(12-15)13-19(20,21)22/h5-6,9,15H,4,7-8,10-13H2,1-3H3,(H2,23,24,25). The zero-order chi connectivity index (χ0) is 19.9. The van der Waals surface area contributed by atoms with E-state index in [0.29, 0.717) is 38.7 Å². The van der Waals surface area contributed by atoms with Gasteiger partial charge < -0.3 is 15.4 Å². The van der Waals surface area contributed by atoms with Crippen molar-refractivity contribution in [1.82, 2.24) is 15.5 Å². The molecule has 1 aliphatic heterocycles. The molecule has 152 valence electrons. The summed E-state index contributed by atoms with van der Waals surface area (Å²) in [5.41, 5.74) is 2.16. The number of alkyl halides is 3. The second kappa shape index (κ2) is 9.82. The van der Waals surface area contributed by atoms with Gasteiger partial charge in [0.1, 0.15) is 5.75 Å². The van der Waals surface area contributed by atoms with Crippen LogP contribution in [0.4, 0.5) is 13.2 Å². The minimum Gasteiger partial charge on any atom is -0.494 e. The lowest BCUT2D eigenvalue weighted by Crippen LogP contribution is -2.40. The Morgan fingerprint density at radius 2 is 2.11 bits per heavy atom. The second-order valence-corrected chi connectivity index (χ2v) is 6.86. The van der Waals surface area contributed by atoms with E-state index in [1.54, 1.807) is 7.05 Å². The topological polar surface area (TPSA) is 48.9 Å². The Labute approximate surface area is 159 Å². The molecule has 27 heavy (non-hydrogen) atoms. The van der Waals surface area contributed by atoms with Crippen LogP contribution in [-0.2, 0) is 6.54 Å². The minimum atomic E-state index is -4.13. The van der Waals surface area contributed by atoms with Crippen molar-refractivity contribution in [3.63, 3.8) is 0 Å². The van der Waals surface area contributed by atoms with E-state index in [-0.39, 0.29) is 5.92 Å². The molecule has 2 rings (SSSR count). The predicted molar refractivity (Wildman–Crippen MR) is 101 cm³/mol. The maximum atomic E-state index is 12.5. The van der Waals surface area contributed by atoms with E-state index < -0.39 is 12.7 Å². The van der Waals surface area contributed by atoms with Crippen LogP contribution in [0, 0.1) is 12.8 Å². The molecular weight excluding hydrogens is 357 g/mol. The first-order valence-corrected chi connectivity index (χ1v) is 9.26. The van der Waals surface area contributed by atoms with Gasteiger partial charge in [0.15, 0.2) is 5.96 Å². The predicted octanol–water partition coefficient (Wildman–Crippen LogP) is 2.94. The molecule has 8 heteroatoms. The fourth-order valence-electron chi connectivity index (χ4n) is 3.21. The molecule has 0 aliphatic carbocycles. The monoisotopic (exact) mass is 386 g/mol. The quantitative estimate of drug-likeness (QED) is 0.559. The maximum absolute atomic E-state index is 12.5. The van der Waals surface area contributed by atoms with Crippen LogP contribution in [0.2, 0.25) is 0 Å². The minimum absolute atomic E-state index is 0.185. The van der Waals surface area contributed by atoms with E-state index in [9.17, 15) is 13.2 Å². The normalized spacial score (nSPS) is 18.6. The summed E-state index contributed by atoms with van der Waals surface area (Å²) in [6, 6.07) is 6.06. The van der Waals surface area contributed by atoms with Gasteiger partial charge in [-0.3, -0.25) is 9.89 Å². The molecule has 0 bridgehead atoms. The number of nitrogens with zero attached hydrogens (tertiary/aromatic N) is 2. The summed E-state index contributed by atoms with van der Waals surface area (Å²) in [4.78, 5) is 5.66. The summed E-state index contributed by atoms with van der Waals surface area (Å²) < 4.78 is 43.1. The molecule has 2 N–H and O–H groups in total. The smallest absolute Gasteiger partial charge is 0.401 e. The Balaban J connectivity index is 1.80. The molecule has 0 amide bonds. The van der Waals surface area contributed by atoms with Crippen LogP contribution < -0.4 is 15.4 Å². The van der Waals surface area contributed by atoms with Crippen molar-refractivity contribution in [2.24, 2.45) is 10.9 Å². The van der Waals surface area contributed by atoms with Crippen molar-refractivity contribution in [2.75, 3.05) is 39.8 Å². The third kappa shape index (κ3) is 7.28. The summed E-state index contributed by atoms with van der Waals surface area (Å²) in [6.07, 6.45) is -3.38. The van der Waals surface area contributed by atoms with E-state index in [0.717, 1.165) is 23.3 Å².